The molecule has 0 radical (unpaired) electrons. The number of hydrogen-bond donors (Lipinski definition) is 1. The molecule has 0 rings (SSSR count). The minimum Gasteiger partial charge on any atom is -0.466 e. The predicted molar refractivity (Wildman–Crippen MR) is 189 cm³/mol. The molecule has 0 fully saturated rings. The topological polar surface area (TPSA) is 81.7 Å². The molecule has 0 aliphatic carbocycles. The van der Waals surface area contributed by atoms with Crippen LogP contribution in [0, 0.1) is 0 Å². The molecular weight excluding hydrogens is 562 g/mol. The van der Waals surface area contributed by atoms with Crippen molar-refractivity contribution in [1.82, 2.24) is 5.32 Å². The largest absolute Gasteiger partial charge is 0.466 e. The average molecular weight is 638 g/mol. The van der Waals surface area contributed by atoms with E-state index in [0.29, 0.717) is 19.6 Å². The van der Waals surface area contributed by atoms with E-state index in [9.17, 15) is 14.4 Å². The normalized spacial score (nSPS) is 11.8. The summed E-state index contributed by atoms with van der Waals surface area (Å²) in [6.07, 6.45) is 33.5. The predicted octanol–water partition coefficient (Wildman–Crippen LogP) is 11.3. The van der Waals surface area contributed by atoms with Gasteiger partial charge in [-0.05, 0) is 25.7 Å². The van der Waals surface area contributed by atoms with Gasteiger partial charge in [0, 0.05) is 12.8 Å². The van der Waals surface area contributed by atoms with E-state index in [2.05, 4.69) is 26.1 Å². The van der Waals surface area contributed by atoms with Gasteiger partial charge in [-0.15, -0.1) is 0 Å². The maximum Gasteiger partial charge on any atom is 0.328 e. The van der Waals surface area contributed by atoms with Crippen molar-refractivity contribution in [1.29, 1.82) is 0 Å². The van der Waals surface area contributed by atoms with E-state index in [4.69, 9.17) is 9.47 Å². The van der Waals surface area contributed by atoms with Crippen LogP contribution in [-0.2, 0) is 23.9 Å². The van der Waals surface area contributed by atoms with E-state index in [1.807, 2.05) is 0 Å². The molecule has 0 saturated heterocycles. The molecule has 45 heavy (non-hydrogen) atoms. The minimum atomic E-state index is -0.796. The van der Waals surface area contributed by atoms with E-state index in [-0.39, 0.29) is 24.7 Å². The van der Waals surface area contributed by atoms with Crippen LogP contribution in [0.25, 0.3) is 0 Å². The molecule has 0 heterocycles. The van der Waals surface area contributed by atoms with E-state index in [0.717, 1.165) is 64.2 Å². The fourth-order valence-corrected chi connectivity index (χ4v) is 5.73. The molecule has 0 spiro atoms. The second-order valence-electron chi connectivity index (χ2n) is 13.3. The number of amides is 1. The van der Waals surface area contributed by atoms with E-state index >= 15 is 0 Å². The highest BCUT2D eigenvalue weighted by Gasteiger charge is 2.23. The van der Waals surface area contributed by atoms with E-state index in [1.165, 1.54) is 109 Å². The number of ether oxygens (including phenoxy) is 2. The van der Waals surface area contributed by atoms with Gasteiger partial charge >= 0.3 is 11.9 Å². The first-order valence-electron chi connectivity index (χ1n) is 19.7. The maximum absolute atomic E-state index is 12.9. The molecule has 0 saturated carbocycles. The zero-order valence-corrected chi connectivity index (χ0v) is 30.2. The molecule has 6 heteroatoms. The van der Waals surface area contributed by atoms with Gasteiger partial charge in [-0.3, -0.25) is 9.59 Å². The number of carbonyl (C=O) groups is 3. The Labute approximate surface area is 279 Å². The van der Waals surface area contributed by atoms with Crippen molar-refractivity contribution < 1.29 is 23.9 Å². The molecule has 0 unspecified atom stereocenters. The van der Waals surface area contributed by atoms with Gasteiger partial charge in [0.1, 0.15) is 6.04 Å². The second kappa shape index (κ2) is 35.3. The smallest absolute Gasteiger partial charge is 0.328 e. The summed E-state index contributed by atoms with van der Waals surface area (Å²) in [5.74, 6) is -0.880. The van der Waals surface area contributed by atoms with Gasteiger partial charge in [0.05, 0.1) is 13.2 Å². The summed E-state index contributed by atoms with van der Waals surface area (Å²) in [5, 5.41) is 2.87. The summed E-state index contributed by atoms with van der Waals surface area (Å²) in [7, 11) is 0. The van der Waals surface area contributed by atoms with Crippen molar-refractivity contribution in [3.05, 3.63) is 0 Å². The quantitative estimate of drug-likeness (QED) is 0.0552. The van der Waals surface area contributed by atoms with Crippen LogP contribution in [0.4, 0.5) is 0 Å². The monoisotopic (exact) mass is 638 g/mol. The number of esters is 2. The first-order chi connectivity index (χ1) is 22.0. The summed E-state index contributed by atoms with van der Waals surface area (Å²) >= 11 is 0. The Morgan fingerprint density at radius 3 is 1.24 bits per heavy atom. The molecule has 1 amide bonds. The highest BCUT2D eigenvalue weighted by Crippen LogP contribution is 2.14. The van der Waals surface area contributed by atoms with Crippen LogP contribution in [0.15, 0.2) is 0 Å². The van der Waals surface area contributed by atoms with Crippen molar-refractivity contribution in [2.75, 3.05) is 13.2 Å². The van der Waals surface area contributed by atoms with Gasteiger partial charge in [0.15, 0.2) is 0 Å². The highest BCUT2D eigenvalue weighted by atomic mass is 16.5. The first-order valence-corrected chi connectivity index (χ1v) is 19.7. The van der Waals surface area contributed by atoms with Gasteiger partial charge in [-0.25, -0.2) is 4.79 Å². The van der Waals surface area contributed by atoms with Crippen LogP contribution in [0.3, 0.4) is 0 Å². The third kappa shape index (κ3) is 32.2. The Hall–Kier alpha value is -1.59. The Balaban J connectivity index is 4.21. The zero-order valence-electron chi connectivity index (χ0n) is 30.2. The fraction of sp³-hybridized carbons (Fsp3) is 0.923. The molecule has 0 aromatic carbocycles. The van der Waals surface area contributed by atoms with Crippen molar-refractivity contribution in [3.8, 4) is 0 Å². The summed E-state index contributed by atoms with van der Waals surface area (Å²) in [6, 6.07) is -0.796. The van der Waals surface area contributed by atoms with E-state index < -0.39 is 12.0 Å². The number of nitrogens with one attached hydrogen (secondary N) is 1. The van der Waals surface area contributed by atoms with Gasteiger partial charge in [0.25, 0.3) is 0 Å². The van der Waals surface area contributed by atoms with Crippen molar-refractivity contribution in [2.45, 2.75) is 219 Å². The SMILES string of the molecule is CCCCCCCCCCCCCCCCCC(=O)N[C@@H](CCC(=O)OCCCCCC)C(=O)OCCCCCCCCCC. The molecule has 0 aromatic heterocycles. The Kier molecular flexibility index (Phi) is 34.0. The summed E-state index contributed by atoms with van der Waals surface area (Å²) < 4.78 is 10.9. The van der Waals surface area contributed by atoms with Crippen molar-refractivity contribution >= 4 is 17.8 Å². The fourth-order valence-electron chi connectivity index (χ4n) is 5.73. The lowest BCUT2D eigenvalue weighted by Gasteiger charge is -2.18. The first kappa shape index (κ1) is 43.4. The molecule has 0 aromatic rings. The van der Waals surface area contributed by atoms with Gasteiger partial charge in [-0.1, -0.05) is 175 Å². The molecule has 0 bridgehead atoms. The minimum absolute atomic E-state index is 0.102. The molecule has 0 aliphatic rings. The zero-order chi connectivity index (χ0) is 33.1. The van der Waals surface area contributed by atoms with Crippen LogP contribution in [0.5, 0.6) is 0 Å². The standard InChI is InChI=1S/C39H75NO5/c1-4-7-10-13-15-17-18-19-20-21-22-23-24-26-28-31-37(41)40-36(32-33-38(42)44-34-29-12-9-6-3)39(43)45-35-30-27-25-16-14-11-8-5-2/h36H,4-35H2,1-3H3,(H,40,41)/t36-/m0/s1. The molecule has 0 aliphatic heterocycles. The van der Waals surface area contributed by atoms with Crippen molar-refractivity contribution in [2.24, 2.45) is 0 Å². The maximum atomic E-state index is 12.9. The number of unbranched alkanes of at least 4 members (excludes halogenated alkanes) is 24. The van der Waals surface area contributed by atoms with E-state index in [1.54, 1.807) is 0 Å². The lowest BCUT2D eigenvalue weighted by molar-refractivity contribution is -0.149. The van der Waals surface area contributed by atoms with Crippen LogP contribution in [-0.4, -0.2) is 37.1 Å². The lowest BCUT2D eigenvalue weighted by Crippen LogP contribution is -2.42. The van der Waals surface area contributed by atoms with Crippen LogP contribution >= 0.6 is 0 Å². The molecule has 1 N–H and O–H groups in total. The molecular formula is C39H75NO5. The van der Waals surface area contributed by atoms with Gasteiger partial charge < -0.3 is 14.8 Å². The number of carbonyl (C=O) groups excluding carboxylic acids is 3. The van der Waals surface area contributed by atoms with Crippen LogP contribution in [0.2, 0.25) is 0 Å². The van der Waals surface area contributed by atoms with Gasteiger partial charge in [0.2, 0.25) is 5.91 Å². The van der Waals surface area contributed by atoms with Gasteiger partial charge in [-0.2, -0.15) is 0 Å². The third-order valence-electron chi connectivity index (χ3n) is 8.77. The Bertz CT molecular complexity index is 668. The second-order valence-corrected chi connectivity index (χ2v) is 13.3. The lowest BCUT2D eigenvalue weighted by atomic mass is 10.0. The summed E-state index contributed by atoms with van der Waals surface area (Å²) in [5.41, 5.74) is 0. The number of hydrogen-bond acceptors (Lipinski definition) is 5. The summed E-state index contributed by atoms with van der Waals surface area (Å²) in [6.45, 7) is 7.42. The Morgan fingerprint density at radius 1 is 0.444 bits per heavy atom. The third-order valence-corrected chi connectivity index (χ3v) is 8.77. The van der Waals surface area contributed by atoms with Crippen LogP contribution in [0.1, 0.15) is 213 Å². The average Bonchev–Trinajstić information content (AvgIpc) is 3.03. The van der Waals surface area contributed by atoms with Crippen LogP contribution < -0.4 is 5.32 Å². The number of rotatable bonds is 35. The van der Waals surface area contributed by atoms with Crippen molar-refractivity contribution in [3.63, 3.8) is 0 Å². The molecule has 6 nitrogen and oxygen atoms in total. The molecule has 266 valence electrons. The summed E-state index contributed by atoms with van der Waals surface area (Å²) in [4.78, 5) is 37.8. The Morgan fingerprint density at radius 2 is 0.800 bits per heavy atom. The highest BCUT2D eigenvalue weighted by molar-refractivity contribution is 5.85. The molecule has 1 atom stereocenters.